The number of nitrogens with zero attached hydrogens (tertiary/aromatic N) is 1. The number of amides is 2. The number of ether oxygens (including phenoxy) is 1. The fourth-order valence-corrected chi connectivity index (χ4v) is 5.48. The SMILES string of the molecule is COC(=O)C=CC(=O)NCCN(C)CCNC(=O)CCCC[C@@H]1CCSS1. The molecule has 1 aliphatic rings. The molecule has 1 heterocycles. The van der Waals surface area contributed by atoms with Gasteiger partial charge in [-0.2, -0.15) is 0 Å². The van der Waals surface area contributed by atoms with Gasteiger partial charge in [-0.25, -0.2) is 4.79 Å². The average Bonchev–Trinajstić information content (AvgIpc) is 3.16. The summed E-state index contributed by atoms with van der Waals surface area (Å²) in [5, 5.41) is 6.41. The van der Waals surface area contributed by atoms with Crippen LogP contribution in [0.4, 0.5) is 0 Å². The second-order valence-corrected chi connectivity index (χ2v) is 9.16. The van der Waals surface area contributed by atoms with Crippen molar-refractivity contribution in [3.05, 3.63) is 12.2 Å². The molecule has 1 atom stereocenters. The number of rotatable bonds is 13. The Kier molecular flexibility index (Phi) is 13.1. The minimum Gasteiger partial charge on any atom is -0.466 e. The monoisotopic (exact) mass is 417 g/mol. The zero-order chi connectivity index (χ0) is 19.9. The molecule has 2 amide bonds. The van der Waals surface area contributed by atoms with E-state index in [-0.39, 0.29) is 11.8 Å². The van der Waals surface area contributed by atoms with E-state index in [2.05, 4.69) is 15.4 Å². The summed E-state index contributed by atoms with van der Waals surface area (Å²) in [6, 6.07) is 0. The van der Waals surface area contributed by atoms with Crippen molar-refractivity contribution in [3.63, 3.8) is 0 Å². The predicted molar refractivity (Wildman–Crippen MR) is 112 cm³/mol. The molecule has 0 radical (unpaired) electrons. The Morgan fingerprint density at radius 1 is 1.15 bits per heavy atom. The van der Waals surface area contributed by atoms with E-state index in [1.165, 1.54) is 25.7 Å². The Labute approximate surface area is 169 Å². The molecule has 9 heteroatoms. The normalized spacial score (nSPS) is 16.6. The van der Waals surface area contributed by atoms with Gasteiger partial charge in [-0.1, -0.05) is 28.0 Å². The Bertz CT molecular complexity index is 497. The van der Waals surface area contributed by atoms with Crippen LogP contribution in [0.3, 0.4) is 0 Å². The number of carbonyl (C=O) groups excluding carboxylic acids is 3. The van der Waals surface area contributed by atoms with E-state index in [1.807, 2.05) is 33.5 Å². The first-order valence-electron chi connectivity index (χ1n) is 9.28. The molecule has 0 spiro atoms. The molecule has 0 unspecified atom stereocenters. The van der Waals surface area contributed by atoms with Crippen molar-refractivity contribution in [2.24, 2.45) is 0 Å². The molecule has 1 fully saturated rings. The van der Waals surface area contributed by atoms with E-state index >= 15 is 0 Å². The first-order valence-corrected chi connectivity index (χ1v) is 11.7. The highest BCUT2D eigenvalue weighted by Crippen LogP contribution is 2.39. The lowest BCUT2D eigenvalue weighted by Gasteiger charge is -2.17. The smallest absolute Gasteiger partial charge is 0.330 e. The van der Waals surface area contributed by atoms with Crippen molar-refractivity contribution < 1.29 is 19.1 Å². The summed E-state index contributed by atoms with van der Waals surface area (Å²) < 4.78 is 4.41. The Hall–Kier alpha value is -1.19. The van der Waals surface area contributed by atoms with Gasteiger partial charge in [0.25, 0.3) is 0 Å². The van der Waals surface area contributed by atoms with E-state index in [0.717, 1.165) is 36.8 Å². The molecule has 0 aliphatic carbocycles. The summed E-state index contributed by atoms with van der Waals surface area (Å²) >= 11 is 0. The highest BCUT2D eigenvalue weighted by atomic mass is 33.1. The summed E-state index contributed by atoms with van der Waals surface area (Å²) in [7, 11) is 7.14. The minimum atomic E-state index is -0.561. The van der Waals surface area contributed by atoms with Gasteiger partial charge in [0, 0.05) is 55.8 Å². The zero-order valence-electron chi connectivity index (χ0n) is 16.2. The van der Waals surface area contributed by atoms with Gasteiger partial charge < -0.3 is 20.3 Å². The Balaban J connectivity index is 1.96. The molecule has 27 heavy (non-hydrogen) atoms. The van der Waals surface area contributed by atoms with Crippen LogP contribution in [0, 0.1) is 0 Å². The zero-order valence-corrected chi connectivity index (χ0v) is 17.8. The van der Waals surface area contributed by atoms with Crippen LogP contribution in [0.2, 0.25) is 0 Å². The van der Waals surface area contributed by atoms with Gasteiger partial charge >= 0.3 is 5.97 Å². The molecule has 1 saturated heterocycles. The largest absolute Gasteiger partial charge is 0.466 e. The molecule has 0 saturated carbocycles. The van der Waals surface area contributed by atoms with Crippen molar-refractivity contribution in [1.29, 1.82) is 0 Å². The van der Waals surface area contributed by atoms with E-state index in [0.29, 0.717) is 26.1 Å². The molecule has 1 aliphatic heterocycles. The third-order valence-electron chi connectivity index (χ3n) is 4.09. The maximum absolute atomic E-state index is 11.8. The molecule has 0 bridgehead atoms. The van der Waals surface area contributed by atoms with Crippen molar-refractivity contribution in [3.8, 4) is 0 Å². The summed E-state index contributed by atoms with van der Waals surface area (Å²) in [4.78, 5) is 36.2. The van der Waals surface area contributed by atoms with E-state index in [1.54, 1.807) is 0 Å². The fraction of sp³-hybridized carbons (Fsp3) is 0.722. The molecule has 0 aromatic carbocycles. The first-order chi connectivity index (χ1) is 13.0. The maximum Gasteiger partial charge on any atom is 0.330 e. The summed E-state index contributed by atoms with van der Waals surface area (Å²) in [5.74, 6) is 0.473. The summed E-state index contributed by atoms with van der Waals surface area (Å²) in [5.41, 5.74) is 0. The molecule has 0 aromatic rings. The van der Waals surface area contributed by atoms with Gasteiger partial charge in [0.05, 0.1) is 7.11 Å². The highest BCUT2D eigenvalue weighted by Gasteiger charge is 2.15. The van der Waals surface area contributed by atoms with Crippen LogP contribution in [0.15, 0.2) is 12.2 Å². The molecule has 0 aromatic heterocycles. The molecular weight excluding hydrogens is 386 g/mol. The van der Waals surface area contributed by atoms with E-state index < -0.39 is 5.97 Å². The third kappa shape index (κ3) is 12.8. The number of hydrogen-bond donors (Lipinski definition) is 2. The van der Waals surface area contributed by atoms with Gasteiger partial charge in [-0.3, -0.25) is 9.59 Å². The van der Waals surface area contributed by atoms with Crippen LogP contribution in [0.1, 0.15) is 32.1 Å². The second kappa shape index (κ2) is 14.8. The summed E-state index contributed by atoms with van der Waals surface area (Å²) in [6.07, 6.45) is 7.42. The standard InChI is InChI=1S/C18H31N3O4S2/c1-21(13-11-20-17(23)7-8-18(24)25-2)12-10-19-16(22)6-4-3-5-15-9-14-26-27-15/h7-8,15H,3-6,9-14H2,1-2H3,(H,19,22)(H,20,23)/t15-/m1/s1. The van der Waals surface area contributed by atoms with Crippen LogP contribution in [-0.2, 0) is 19.1 Å². The van der Waals surface area contributed by atoms with Crippen LogP contribution in [-0.4, -0.2) is 74.0 Å². The number of carbonyl (C=O) groups is 3. The number of likely N-dealkylation sites (N-methyl/N-ethyl adjacent to an activating group) is 1. The molecule has 7 nitrogen and oxygen atoms in total. The number of methoxy groups -OCH3 is 1. The van der Waals surface area contributed by atoms with Gasteiger partial charge in [0.15, 0.2) is 0 Å². The molecule has 2 N–H and O–H groups in total. The first kappa shape index (κ1) is 23.8. The lowest BCUT2D eigenvalue weighted by molar-refractivity contribution is -0.135. The van der Waals surface area contributed by atoms with E-state index in [4.69, 9.17) is 0 Å². The number of esters is 1. The van der Waals surface area contributed by atoms with Gasteiger partial charge in [0.2, 0.25) is 11.8 Å². The summed E-state index contributed by atoms with van der Waals surface area (Å²) in [6.45, 7) is 2.44. The fourth-order valence-electron chi connectivity index (χ4n) is 2.45. The van der Waals surface area contributed by atoms with Gasteiger partial charge in [0.1, 0.15) is 0 Å². The number of nitrogens with one attached hydrogen (secondary N) is 2. The van der Waals surface area contributed by atoms with Crippen molar-refractivity contribution in [2.75, 3.05) is 46.1 Å². The molecule has 154 valence electrons. The average molecular weight is 418 g/mol. The number of unbranched alkanes of at least 4 members (excludes halogenated alkanes) is 1. The van der Waals surface area contributed by atoms with Crippen molar-refractivity contribution >= 4 is 39.4 Å². The highest BCUT2D eigenvalue weighted by molar-refractivity contribution is 8.77. The molecular formula is C18H31N3O4S2. The Morgan fingerprint density at radius 3 is 2.56 bits per heavy atom. The van der Waals surface area contributed by atoms with Gasteiger partial charge in [-0.05, 0) is 26.3 Å². The number of hydrogen-bond acceptors (Lipinski definition) is 7. The molecule has 1 rings (SSSR count). The third-order valence-corrected chi connectivity index (χ3v) is 7.09. The quantitative estimate of drug-likeness (QED) is 0.204. The van der Waals surface area contributed by atoms with E-state index in [9.17, 15) is 14.4 Å². The van der Waals surface area contributed by atoms with Gasteiger partial charge in [-0.15, -0.1) is 0 Å². The maximum atomic E-state index is 11.8. The lowest BCUT2D eigenvalue weighted by Crippen LogP contribution is -2.37. The topological polar surface area (TPSA) is 87.7 Å². The lowest BCUT2D eigenvalue weighted by atomic mass is 10.1. The van der Waals surface area contributed by atoms with Crippen LogP contribution in [0.25, 0.3) is 0 Å². The second-order valence-electron chi connectivity index (χ2n) is 6.38. The van der Waals surface area contributed by atoms with Crippen LogP contribution >= 0.6 is 21.6 Å². The predicted octanol–water partition coefficient (Wildman–Crippen LogP) is 1.59. The van der Waals surface area contributed by atoms with Crippen molar-refractivity contribution in [2.45, 2.75) is 37.4 Å². The minimum absolute atomic E-state index is 0.109. The van der Waals surface area contributed by atoms with Crippen LogP contribution in [0.5, 0.6) is 0 Å². The Morgan fingerprint density at radius 2 is 1.89 bits per heavy atom. The van der Waals surface area contributed by atoms with Crippen molar-refractivity contribution in [1.82, 2.24) is 15.5 Å². The van der Waals surface area contributed by atoms with Crippen LogP contribution < -0.4 is 10.6 Å².